The number of benzene rings is 2. The van der Waals surface area contributed by atoms with E-state index in [1.165, 1.54) is 4.90 Å². The molecule has 0 unspecified atom stereocenters. The van der Waals surface area contributed by atoms with E-state index in [1.54, 1.807) is 24.3 Å². The van der Waals surface area contributed by atoms with Crippen molar-refractivity contribution in [3.05, 3.63) is 63.2 Å². The average Bonchev–Trinajstić information content (AvgIpc) is 2.87. The second-order valence-corrected chi connectivity index (χ2v) is 7.37. The maximum atomic E-state index is 12.4. The van der Waals surface area contributed by atoms with Gasteiger partial charge in [0.1, 0.15) is 0 Å². The van der Waals surface area contributed by atoms with Crippen molar-refractivity contribution in [2.75, 3.05) is 11.1 Å². The summed E-state index contributed by atoms with van der Waals surface area (Å²) in [6.07, 6.45) is 0. The molecule has 0 spiro atoms. The molecule has 0 saturated carbocycles. The molecule has 0 bridgehead atoms. The highest BCUT2D eigenvalue weighted by atomic mass is 127. The summed E-state index contributed by atoms with van der Waals surface area (Å²) in [5.41, 5.74) is 1.95. The minimum atomic E-state index is -0.242. The van der Waals surface area contributed by atoms with Crippen molar-refractivity contribution in [2.45, 2.75) is 6.54 Å². The van der Waals surface area contributed by atoms with Gasteiger partial charge in [0.15, 0.2) is 0 Å². The van der Waals surface area contributed by atoms with Crippen LogP contribution in [0, 0.1) is 3.57 Å². The first-order valence-electron chi connectivity index (χ1n) is 7.16. The predicted molar refractivity (Wildman–Crippen MR) is 102 cm³/mol. The largest absolute Gasteiger partial charge is 0.322 e. The molecule has 3 amide bonds. The molecule has 1 heterocycles. The van der Waals surface area contributed by atoms with E-state index in [0.717, 1.165) is 26.6 Å². The van der Waals surface area contributed by atoms with Crippen LogP contribution in [0.25, 0.3) is 0 Å². The van der Waals surface area contributed by atoms with Gasteiger partial charge in [-0.25, -0.2) is 0 Å². The second kappa shape index (κ2) is 7.35. The standard InChI is InChI=1S/C17H13IN2O3S/c18-13-5-2-6-14(8-13)19-16(22)12-4-1-3-11(7-12)9-20-15(21)10-24-17(20)23/h1-8H,9-10H2,(H,19,22). The van der Waals surface area contributed by atoms with E-state index < -0.39 is 0 Å². The molecule has 2 aromatic carbocycles. The molecule has 0 aliphatic carbocycles. The fourth-order valence-corrected chi connectivity index (χ4v) is 3.56. The van der Waals surface area contributed by atoms with Crippen LogP contribution in [0.5, 0.6) is 0 Å². The van der Waals surface area contributed by atoms with Crippen molar-refractivity contribution < 1.29 is 14.4 Å². The summed E-state index contributed by atoms with van der Waals surface area (Å²) in [5.74, 6) is -0.239. The smallest absolute Gasteiger partial charge is 0.289 e. The Balaban J connectivity index is 1.74. The highest BCUT2D eigenvalue weighted by molar-refractivity contribution is 14.1. The van der Waals surface area contributed by atoms with Crippen LogP contribution in [-0.4, -0.2) is 27.7 Å². The molecule has 0 radical (unpaired) electrons. The molecule has 1 aliphatic heterocycles. The van der Waals surface area contributed by atoms with Gasteiger partial charge in [0.25, 0.3) is 11.1 Å². The van der Waals surface area contributed by atoms with Gasteiger partial charge >= 0.3 is 0 Å². The van der Waals surface area contributed by atoms with Crippen LogP contribution in [0.2, 0.25) is 0 Å². The molecule has 5 nitrogen and oxygen atoms in total. The lowest BCUT2D eigenvalue weighted by Gasteiger charge is -2.13. The van der Waals surface area contributed by atoms with Crippen molar-refractivity contribution in [3.8, 4) is 0 Å². The van der Waals surface area contributed by atoms with Crippen LogP contribution < -0.4 is 5.32 Å². The molecule has 1 N–H and O–H groups in total. The topological polar surface area (TPSA) is 66.5 Å². The molecule has 0 aromatic heterocycles. The van der Waals surface area contributed by atoms with Gasteiger partial charge in [-0.3, -0.25) is 19.3 Å². The number of rotatable bonds is 4. The van der Waals surface area contributed by atoms with E-state index in [-0.39, 0.29) is 29.4 Å². The van der Waals surface area contributed by atoms with Gasteiger partial charge < -0.3 is 5.32 Å². The summed E-state index contributed by atoms with van der Waals surface area (Å²) in [5, 5.41) is 2.60. The van der Waals surface area contributed by atoms with E-state index in [9.17, 15) is 14.4 Å². The van der Waals surface area contributed by atoms with Crippen LogP contribution in [0.1, 0.15) is 15.9 Å². The second-order valence-electron chi connectivity index (χ2n) is 5.20. The lowest BCUT2D eigenvalue weighted by atomic mass is 10.1. The fraction of sp³-hybridized carbons (Fsp3) is 0.118. The maximum Gasteiger partial charge on any atom is 0.289 e. The zero-order valence-electron chi connectivity index (χ0n) is 12.5. The number of nitrogens with one attached hydrogen (secondary N) is 1. The Hall–Kier alpha value is -1.87. The highest BCUT2D eigenvalue weighted by Gasteiger charge is 2.29. The monoisotopic (exact) mass is 452 g/mol. The Kier molecular flexibility index (Phi) is 5.20. The molecule has 1 fully saturated rings. The molecule has 122 valence electrons. The number of thioether (sulfide) groups is 1. The van der Waals surface area contributed by atoms with E-state index in [2.05, 4.69) is 27.9 Å². The number of anilines is 1. The summed E-state index contributed by atoms with van der Waals surface area (Å²) < 4.78 is 1.03. The van der Waals surface area contributed by atoms with Gasteiger partial charge in [-0.2, -0.15) is 0 Å². The Labute approximate surface area is 156 Å². The quantitative estimate of drug-likeness (QED) is 0.719. The van der Waals surface area contributed by atoms with Crippen molar-refractivity contribution in [2.24, 2.45) is 0 Å². The van der Waals surface area contributed by atoms with E-state index in [0.29, 0.717) is 5.56 Å². The number of carbonyl (C=O) groups is 3. The van der Waals surface area contributed by atoms with E-state index >= 15 is 0 Å². The molecular formula is C17H13IN2O3S. The van der Waals surface area contributed by atoms with Crippen LogP contribution in [0.15, 0.2) is 48.5 Å². The Morgan fingerprint density at radius 1 is 1.17 bits per heavy atom. The van der Waals surface area contributed by atoms with Gasteiger partial charge in [0.05, 0.1) is 12.3 Å². The van der Waals surface area contributed by atoms with E-state index in [4.69, 9.17) is 0 Å². The highest BCUT2D eigenvalue weighted by Crippen LogP contribution is 2.22. The normalized spacial score (nSPS) is 14.1. The minimum absolute atomic E-state index is 0.186. The van der Waals surface area contributed by atoms with Crippen LogP contribution in [0.4, 0.5) is 10.5 Å². The SMILES string of the molecule is O=C(Nc1cccc(I)c1)c1cccc(CN2C(=O)CSC2=O)c1. The molecule has 1 saturated heterocycles. The molecule has 2 aromatic rings. The molecular weight excluding hydrogens is 439 g/mol. The molecule has 3 rings (SSSR count). The average molecular weight is 452 g/mol. The fourth-order valence-electron chi connectivity index (χ4n) is 2.30. The van der Waals surface area contributed by atoms with Crippen molar-refractivity contribution >= 4 is 57.1 Å². The number of amides is 3. The van der Waals surface area contributed by atoms with Gasteiger partial charge in [-0.05, 0) is 58.5 Å². The Morgan fingerprint density at radius 3 is 2.67 bits per heavy atom. The number of imide groups is 1. The predicted octanol–water partition coefficient (Wildman–Crippen LogP) is 3.74. The van der Waals surface area contributed by atoms with Gasteiger partial charge in [-0.15, -0.1) is 0 Å². The first kappa shape index (κ1) is 17.0. The third kappa shape index (κ3) is 3.96. The number of nitrogens with zero attached hydrogens (tertiary/aromatic N) is 1. The molecule has 24 heavy (non-hydrogen) atoms. The summed E-state index contributed by atoms with van der Waals surface area (Å²) in [6.45, 7) is 0.190. The van der Waals surface area contributed by atoms with Crippen LogP contribution >= 0.6 is 34.4 Å². The number of halogens is 1. The lowest BCUT2D eigenvalue weighted by molar-refractivity contribution is -0.125. The third-order valence-electron chi connectivity index (χ3n) is 3.45. The number of hydrogen-bond donors (Lipinski definition) is 1. The van der Waals surface area contributed by atoms with Crippen LogP contribution in [0.3, 0.4) is 0 Å². The van der Waals surface area contributed by atoms with Gasteiger partial charge in [-0.1, -0.05) is 30.0 Å². The Bertz CT molecular complexity index is 809. The summed E-state index contributed by atoms with van der Waals surface area (Å²) in [6, 6.07) is 14.5. The van der Waals surface area contributed by atoms with E-state index in [1.807, 2.05) is 24.3 Å². The minimum Gasteiger partial charge on any atom is -0.322 e. The van der Waals surface area contributed by atoms with Gasteiger partial charge in [0, 0.05) is 14.8 Å². The zero-order chi connectivity index (χ0) is 17.1. The van der Waals surface area contributed by atoms with Crippen LogP contribution in [-0.2, 0) is 11.3 Å². The number of hydrogen-bond acceptors (Lipinski definition) is 4. The van der Waals surface area contributed by atoms with Crippen molar-refractivity contribution in [1.29, 1.82) is 0 Å². The number of carbonyl (C=O) groups excluding carboxylic acids is 3. The summed E-state index contributed by atoms with van der Waals surface area (Å²) >= 11 is 3.18. The van der Waals surface area contributed by atoms with Crippen molar-refractivity contribution in [1.82, 2.24) is 4.90 Å². The maximum absolute atomic E-state index is 12.4. The first-order chi connectivity index (χ1) is 11.5. The first-order valence-corrected chi connectivity index (χ1v) is 9.22. The third-order valence-corrected chi connectivity index (χ3v) is 4.98. The summed E-state index contributed by atoms with van der Waals surface area (Å²) in [7, 11) is 0. The lowest BCUT2D eigenvalue weighted by Crippen LogP contribution is -2.28. The zero-order valence-corrected chi connectivity index (χ0v) is 15.5. The van der Waals surface area contributed by atoms with Gasteiger partial charge in [0.2, 0.25) is 5.91 Å². The summed E-state index contributed by atoms with van der Waals surface area (Å²) in [4.78, 5) is 36.9. The Morgan fingerprint density at radius 2 is 1.96 bits per heavy atom. The molecule has 0 atom stereocenters. The van der Waals surface area contributed by atoms with Crippen molar-refractivity contribution in [3.63, 3.8) is 0 Å². The molecule has 7 heteroatoms. The molecule has 1 aliphatic rings.